The molecule has 1 N–H and O–H groups in total. The molecule has 5 aliphatic heterocycles. The molecule has 6 heterocycles. The molecule has 4 aromatic rings. The van der Waals surface area contributed by atoms with Gasteiger partial charge in [-0.25, -0.2) is 12.7 Å². The summed E-state index contributed by atoms with van der Waals surface area (Å²) in [6, 6.07) is 23.7. The number of aromatic amines is 1. The Morgan fingerprint density at radius 3 is 2.38 bits per heavy atom. The standard InChI is InChI=1S/C29H24N4O4S3/c1-27-25(34)32-24-28(17-29(32,39-38-27)26(35)31(27)2,21-16-30-22-14-8-6-12-19(21)22)20-13-7-9-15-23(20)33(24)40(36,37)18-10-4-3-5-11-18/h3-16,24,30H,17H2,1-2H3/t24-,27+,28+,29-/m0/s1. The van der Waals surface area contributed by atoms with Crippen LogP contribution in [-0.2, 0) is 25.0 Å². The van der Waals surface area contributed by atoms with Gasteiger partial charge in [-0.2, -0.15) is 0 Å². The molecular formula is C29H24N4O4S3. The van der Waals surface area contributed by atoms with Crippen LogP contribution in [0.3, 0.4) is 0 Å². The summed E-state index contributed by atoms with van der Waals surface area (Å²) >= 11 is 0. The smallest absolute Gasteiger partial charge is 0.266 e. The van der Waals surface area contributed by atoms with Crippen molar-refractivity contribution in [2.45, 2.75) is 39.6 Å². The first-order valence-corrected chi connectivity index (χ1v) is 16.5. The summed E-state index contributed by atoms with van der Waals surface area (Å²) in [5, 5.41) is 0.934. The molecule has 2 amide bonds. The SMILES string of the molecule is CN1C(=O)[C@@]23C[C@]4(c5c[nH]c6ccccc56)c5ccccc5N(S(=O)(=O)c5ccccc5)[C@@H]4N2C(=O)[C@@]1(C)SS3. The first kappa shape index (κ1) is 24.4. The minimum Gasteiger partial charge on any atom is -0.361 e. The normalized spacial score (nSPS) is 30.6. The lowest BCUT2D eigenvalue weighted by Crippen LogP contribution is -2.76. The van der Waals surface area contributed by atoms with Gasteiger partial charge in [0.15, 0.2) is 9.74 Å². The lowest BCUT2D eigenvalue weighted by molar-refractivity contribution is -0.163. The number of amides is 2. The Kier molecular flexibility index (Phi) is 4.67. The zero-order valence-electron chi connectivity index (χ0n) is 21.6. The van der Waals surface area contributed by atoms with Gasteiger partial charge in [-0.15, -0.1) is 0 Å². The largest absolute Gasteiger partial charge is 0.361 e. The van der Waals surface area contributed by atoms with Gasteiger partial charge in [-0.1, -0.05) is 76.2 Å². The number of hydrogen-bond acceptors (Lipinski definition) is 6. The number of sulfonamides is 1. The molecule has 0 aliphatic carbocycles. The van der Waals surface area contributed by atoms with E-state index < -0.39 is 31.3 Å². The van der Waals surface area contributed by atoms with Crippen LogP contribution in [-0.4, -0.2) is 58.0 Å². The van der Waals surface area contributed by atoms with Crippen LogP contribution >= 0.6 is 21.6 Å². The highest BCUT2D eigenvalue weighted by molar-refractivity contribution is 8.78. The van der Waals surface area contributed by atoms with Gasteiger partial charge in [0.2, 0.25) is 0 Å². The van der Waals surface area contributed by atoms with Gasteiger partial charge in [0, 0.05) is 30.6 Å². The number of fused-ring (bicyclic) bond motifs is 6. The van der Waals surface area contributed by atoms with Crippen molar-refractivity contribution in [2.24, 2.45) is 0 Å². The van der Waals surface area contributed by atoms with Crippen molar-refractivity contribution >= 4 is 60.0 Å². The van der Waals surface area contributed by atoms with Gasteiger partial charge in [0.25, 0.3) is 21.8 Å². The number of anilines is 1. The predicted octanol–water partition coefficient (Wildman–Crippen LogP) is 4.50. The van der Waals surface area contributed by atoms with E-state index in [1.165, 1.54) is 25.9 Å². The van der Waals surface area contributed by atoms with E-state index in [0.29, 0.717) is 5.69 Å². The van der Waals surface area contributed by atoms with Gasteiger partial charge >= 0.3 is 0 Å². The number of benzene rings is 3. The lowest BCUT2D eigenvalue weighted by Gasteiger charge is -2.58. The minimum absolute atomic E-state index is 0.131. The topological polar surface area (TPSA) is 93.8 Å². The number of aromatic nitrogens is 1. The second kappa shape index (κ2) is 7.65. The molecule has 3 aromatic carbocycles. The van der Waals surface area contributed by atoms with Crippen molar-refractivity contribution < 1.29 is 18.0 Å². The van der Waals surface area contributed by atoms with Crippen LogP contribution in [0.25, 0.3) is 10.9 Å². The molecule has 202 valence electrons. The van der Waals surface area contributed by atoms with Crippen molar-refractivity contribution in [3.8, 4) is 0 Å². The highest BCUT2D eigenvalue weighted by atomic mass is 33.1. The fourth-order valence-electron chi connectivity index (χ4n) is 7.10. The van der Waals surface area contributed by atoms with Gasteiger partial charge in [-0.3, -0.25) is 14.5 Å². The van der Waals surface area contributed by atoms with Crippen molar-refractivity contribution in [1.82, 2.24) is 14.8 Å². The zero-order valence-corrected chi connectivity index (χ0v) is 24.0. The number of para-hydroxylation sites is 2. The maximum absolute atomic E-state index is 14.6. The summed E-state index contributed by atoms with van der Waals surface area (Å²) in [5.74, 6) is -0.437. The number of carbonyl (C=O) groups is 2. The van der Waals surface area contributed by atoms with Crippen LogP contribution in [0.1, 0.15) is 24.5 Å². The van der Waals surface area contributed by atoms with E-state index in [1.807, 2.05) is 54.7 Å². The fraction of sp³-hybridized carbons (Fsp3) is 0.241. The minimum atomic E-state index is -4.15. The molecule has 40 heavy (non-hydrogen) atoms. The molecular weight excluding hydrogens is 565 g/mol. The Labute approximate surface area is 239 Å². The van der Waals surface area contributed by atoms with Crippen molar-refractivity contribution in [3.05, 3.63) is 96.2 Å². The second-order valence-electron chi connectivity index (χ2n) is 10.9. The molecule has 5 aliphatic rings. The van der Waals surface area contributed by atoms with E-state index in [1.54, 1.807) is 54.1 Å². The number of likely N-dealkylation sites (N-methyl/N-ethyl adjacent to an activating group) is 1. The summed E-state index contributed by atoms with van der Waals surface area (Å²) in [6.45, 7) is 1.75. The maximum Gasteiger partial charge on any atom is 0.266 e. The molecule has 0 saturated carbocycles. The van der Waals surface area contributed by atoms with Crippen LogP contribution in [0, 0.1) is 0 Å². The van der Waals surface area contributed by atoms with Crippen LogP contribution in [0.4, 0.5) is 5.69 Å². The van der Waals surface area contributed by atoms with E-state index in [2.05, 4.69) is 4.98 Å². The summed E-state index contributed by atoms with van der Waals surface area (Å²) in [5.41, 5.74) is 2.08. The Morgan fingerprint density at radius 1 is 0.875 bits per heavy atom. The number of H-pyrrole nitrogens is 1. The number of hydrogen-bond donors (Lipinski definition) is 1. The summed E-state index contributed by atoms with van der Waals surface area (Å²) in [7, 11) is 0.293. The van der Waals surface area contributed by atoms with Crippen LogP contribution in [0.15, 0.2) is 90.0 Å². The fourth-order valence-corrected chi connectivity index (χ4v) is 12.3. The molecule has 1 spiro atoms. The highest BCUT2D eigenvalue weighted by Gasteiger charge is 2.79. The van der Waals surface area contributed by atoms with Crippen molar-refractivity contribution in [1.29, 1.82) is 0 Å². The summed E-state index contributed by atoms with van der Waals surface area (Å²) in [4.78, 5) is 32.9. The summed E-state index contributed by atoms with van der Waals surface area (Å²) < 4.78 is 30.6. The predicted molar refractivity (Wildman–Crippen MR) is 156 cm³/mol. The number of carbonyl (C=O) groups excluding carboxylic acids is 2. The molecule has 9 rings (SSSR count). The molecule has 2 bridgehead atoms. The number of rotatable bonds is 3. The van der Waals surface area contributed by atoms with E-state index >= 15 is 0 Å². The van der Waals surface area contributed by atoms with Gasteiger partial charge in [-0.05, 0) is 42.3 Å². The lowest BCUT2D eigenvalue weighted by atomic mass is 9.72. The second-order valence-corrected chi connectivity index (χ2v) is 15.5. The molecule has 1 aromatic heterocycles. The zero-order chi connectivity index (χ0) is 27.7. The average molecular weight is 589 g/mol. The van der Waals surface area contributed by atoms with Gasteiger partial charge in [0.1, 0.15) is 6.17 Å². The Morgan fingerprint density at radius 2 is 1.57 bits per heavy atom. The van der Waals surface area contributed by atoms with E-state index in [9.17, 15) is 18.0 Å². The van der Waals surface area contributed by atoms with Crippen LogP contribution < -0.4 is 4.31 Å². The third kappa shape index (κ3) is 2.60. The number of piperazine rings is 1. The molecule has 0 radical (unpaired) electrons. The van der Waals surface area contributed by atoms with Gasteiger partial charge in [0.05, 0.1) is 16.0 Å². The summed E-state index contributed by atoms with van der Waals surface area (Å²) in [6.07, 6.45) is 1.19. The third-order valence-electron chi connectivity index (χ3n) is 9.04. The molecule has 0 unspecified atom stereocenters. The van der Waals surface area contributed by atoms with E-state index in [4.69, 9.17) is 0 Å². The molecule has 4 fully saturated rings. The maximum atomic E-state index is 14.6. The molecule has 11 heteroatoms. The Bertz CT molecular complexity index is 1880. The quantitative estimate of drug-likeness (QED) is 0.355. The Hall–Kier alpha value is -3.41. The monoisotopic (exact) mass is 588 g/mol. The van der Waals surface area contributed by atoms with E-state index in [0.717, 1.165) is 22.0 Å². The van der Waals surface area contributed by atoms with E-state index in [-0.39, 0.29) is 23.1 Å². The average Bonchev–Trinajstić information content (AvgIpc) is 3.61. The Balaban J connectivity index is 1.50. The van der Waals surface area contributed by atoms with Gasteiger partial charge < -0.3 is 9.88 Å². The van der Waals surface area contributed by atoms with Crippen molar-refractivity contribution in [3.63, 3.8) is 0 Å². The van der Waals surface area contributed by atoms with Crippen LogP contribution in [0.5, 0.6) is 0 Å². The number of nitrogens with zero attached hydrogens (tertiary/aromatic N) is 3. The first-order chi connectivity index (χ1) is 19.2. The molecule has 8 nitrogen and oxygen atoms in total. The molecule has 4 atom stereocenters. The first-order valence-electron chi connectivity index (χ1n) is 12.9. The highest BCUT2D eigenvalue weighted by Crippen LogP contribution is 2.71. The third-order valence-corrected chi connectivity index (χ3v) is 14.5. The number of nitrogens with one attached hydrogen (secondary N) is 1. The van der Waals surface area contributed by atoms with Crippen molar-refractivity contribution in [2.75, 3.05) is 11.4 Å². The molecule has 4 saturated heterocycles. The van der Waals surface area contributed by atoms with Crippen LogP contribution in [0.2, 0.25) is 0 Å².